The van der Waals surface area contributed by atoms with Crippen molar-refractivity contribution in [1.29, 1.82) is 0 Å². The maximum atomic E-state index is 13.1. The minimum absolute atomic E-state index is 0.274. The van der Waals surface area contributed by atoms with Gasteiger partial charge in [-0.05, 0) is 31.2 Å². The van der Waals surface area contributed by atoms with E-state index >= 15 is 0 Å². The molecule has 0 saturated heterocycles. The zero-order valence-electron chi connectivity index (χ0n) is 16.0. The highest BCUT2D eigenvalue weighted by molar-refractivity contribution is 6.09. The molecule has 0 saturated carbocycles. The second-order valence-corrected chi connectivity index (χ2v) is 6.64. The smallest absolute Gasteiger partial charge is 0.259 e. The summed E-state index contributed by atoms with van der Waals surface area (Å²) in [6, 6.07) is 20.2. The van der Waals surface area contributed by atoms with E-state index in [2.05, 4.69) is 25.5 Å². The van der Waals surface area contributed by atoms with Gasteiger partial charge in [0.1, 0.15) is 5.82 Å². The van der Waals surface area contributed by atoms with Crippen molar-refractivity contribution in [3.8, 4) is 22.8 Å². The number of anilines is 1. The fourth-order valence-corrected chi connectivity index (χ4v) is 3.21. The first-order valence-corrected chi connectivity index (χ1v) is 9.31. The van der Waals surface area contributed by atoms with Crippen molar-refractivity contribution in [3.63, 3.8) is 0 Å². The topological polar surface area (TPSA) is 98.2 Å². The van der Waals surface area contributed by atoms with E-state index in [1.807, 2.05) is 36.4 Å². The normalized spacial score (nSPS) is 11.0. The van der Waals surface area contributed by atoms with Crippen LogP contribution in [0.25, 0.3) is 28.5 Å². The molecule has 3 aromatic heterocycles. The van der Waals surface area contributed by atoms with Gasteiger partial charge in [0.25, 0.3) is 11.8 Å². The van der Waals surface area contributed by atoms with Gasteiger partial charge in [-0.15, -0.1) is 0 Å². The molecule has 1 N–H and O–H groups in total. The zero-order chi connectivity index (χ0) is 20.5. The molecule has 5 rings (SSSR count). The second kappa shape index (κ2) is 7.25. The van der Waals surface area contributed by atoms with Gasteiger partial charge in [0.2, 0.25) is 5.82 Å². The van der Waals surface area contributed by atoms with Crippen LogP contribution in [0.15, 0.2) is 77.4 Å². The first-order valence-electron chi connectivity index (χ1n) is 9.31. The quantitative estimate of drug-likeness (QED) is 0.493. The third-order valence-corrected chi connectivity index (χ3v) is 4.58. The number of rotatable bonds is 4. The number of carbonyl (C=O) groups excluding carboxylic acids is 1. The van der Waals surface area contributed by atoms with Gasteiger partial charge in [-0.25, -0.2) is 9.50 Å². The van der Waals surface area contributed by atoms with Gasteiger partial charge in [-0.3, -0.25) is 4.79 Å². The number of hydrogen-bond acceptors (Lipinski definition) is 6. The van der Waals surface area contributed by atoms with Crippen molar-refractivity contribution in [1.82, 2.24) is 24.7 Å². The van der Waals surface area contributed by atoms with E-state index in [0.717, 1.165) is 5.56 Å². The molecule has 0 bridgehead atoms. The van der Waals surface area contributed by atoms with E-state index in [4.69, 9.17) is 4.52 Å². The monoisotopic (exact) mass is 396 g/mol. The van der Waals surface area contributed by atoms with Crippen molar-refractivity contribution in [2.75, 3.05) is 5.32 Å². The molecule has 0 aliphatic carbocycles. The van der Waals surface area contributed by atoms with Crippen LogP contribution < -0.4 is 5.32 Å². The van der Waals surface area contributed by atoms with Gasteiger partial charge in [0.15, 0.2) is 5.65 Å². The molecule has 5 aromatic rings. The van der Waals surface area contributed by atoms with Gasteiger partial charge in [-0.2, -0.15) is 10.1 Å². The molecule has 3 heterocycles. The maximum Gasteiger partial charge on any atom is 0.259 e. The molecule has 30 heavy (non-hydrogen) atoms. The highest BCUT2D eigenvalue weighted by Gasteiger charge is 2.19. The highest BCUT2D eigenvalue weighted by Crippen LogP contribution is 2.26. The Labute approximate surface area is 171 Å². The molecule has 0 fully saturated rings. The van der Waals surface area contributed by atoms with Crippen molar-refractivity contribution in [2.24, 2.45) is 0 Å². The minimum atomic E-state index is -0.307. The number of amides is 1. The van der Waals surface area contributed by atoms with Crippen LogP contribution >= 0.6 is 0 Å². The average Bonchev–Trinajstić information content (AvgIpc) is 3.41. The van der Waals surface area contributed by atoms with Crippen molar-refractivity contribution in [2.45, 2.75) is 6.92 Å². The molecule has 2 aromatic carbocycles. The molecule has 1 amide bonds. The maximum absolute atomic E-state index is 13.1. The number of fused-ring (bicyclic) bond motifs is 1. The molecule has 0 unspecified atom stereocenters. The number of benzene rings is 2. The Morgan fingerprint density at radius 2 is 1.77 bits per heavy atom. The van der Waals surface area contributed by atoms with Crippen LogP contribution in [0.1, 0.15) is 16.2 Å². The number of nitrogens with one attached hydrogen (secondary N) is 1. The van der Waals surface area contributed by atoms with E-state index in [1.54, 1.807) is 48.0 Å². The lowest BCUT2D eigenvalue weighted by Crippen LogP contribution is -2.14. The molecular formula is C22H16N6O2. The van der Waals surface area contributed by atoms with Crippen LogP contribution in [0, 0.1) is 6.92 Å². The molecule has 0 atom stereocenters. The predicted molar refractivity (Wildman–Crippen MR) is 111 cm³/mol. The third kappa shape index (κ3) is 3.20. The first kappa shape index (κ1) is 17.7. The van der Waals surface area contributed by atoms with Crippen molar-refractivity contribution >= 4 is 17.2 Å². The fraction of sp³-hybridized carbons (Fsp3) is 0.0455. The molecule has 0 aliphatic rings. The van der Waals surface area contributed by atoms with Crippen LogP contribution in [-0.4, -0.2) is 30.6 Å². The van der Waals surface area contributed by atoms with Crippen LogP contribution in [0.5, 0.6) is 0 Å². The van der Waals surface area contributed by atoms with Crippen molar-refractivity contribution in [3.05, 3.63) is 84.3 Å². The van der Waals surface area contributed by atoms with E-state index in [1.165, 1.54) is 0 Å². The number of nitrogens with zero attached hydrogens (tertiary/aromatic N) is 5. The molecular weight excluding hydrogens is 380 g/mol. The number of aryl methyl sites for hydroxylation is 1. The summed E-state index contributed by atoms with van der Waals surface area (Å²) in [5.74, 6) is 1.05. The summed E-state index contributed by atoms with van der Waals surface area (Å²) in [6.07, 6.45) is 1.78. The number of aromatic nitrogens is 5. The predicted octanol–water partition coefficient (Wildman–Crippen LogP) is 4.01. The van der Waals surface area contributed by atoms with E-state index in [0.29, 0.717) is 34.1 Å². The summed E-state index contributed by atoms with van der Waals surface area (Å²) < 4.78 is 7.08. The summed E-state index contributed by atoms with van der Waals surface area (Å²) in [5.41, 5.74) is 2.94. The van der Waals surface area contributed by atoms with Crippen LogP contribution in [0.3, 0.4) is 0 Å². The Kier molecular flexibility index (Phi) is 4.29. The zero-order valence-corrected chi connectivity index (χ0v) is 16.0. The van der Waals surface area contributed by atoms with Gasteiger partial charge >= 0.3 is 0 Å². The standard InChI is InChI=1S/C22H16N6O2/c1-14-23-20-18(12-7-13-28(20)26-14)24-21(29)16-10-5-6-11-17(16)22-25-19(27-30-22)15-8-3-2-4-9-15/h2-13H,1H3,(H,24,29). The van der Waals surface area contributed by atoms with Crippen LogP contribution in [0.2, 0.25) is 0 Å². The Balaban J connectivity index is 1.49. The molecule has 8 nitrogen and oxygen atoms in total. The van der Waals surface area contributed by atoms with Gasteiger partial charge in [0.05, 0.1) is 16.8 Å². The lowest BCUT2D eigenvalue weighted by Gasteiger charge is -2.08. The lowest BCUT2D eigenvalue weighted by atomic mass is 10.1. The Morgan fingerprint density at radius 1 is 0.967 bits per heavy atom. The highest BCUT2D eigenvalue weighted by atomic mass is 16.5. The Bertz CT molecular complexity index is 1360. The first-order chi connectivity index (χ1) is 14.7. The molecule has 0 aliphatic heterocycles. The number of hydrogen-bond donors (Lipinski definition) is 1. The molecule has 0 radical (unpaired) electrons. The summed E-state index contributed by atoms with van der Waals surface area (Å²) in [5, 5.41) is 11.2. The number of carbonyl (C=O) groups is 1. The summed E-state index contributed by atoms with van der Waals surface area (Å²) in [4.78, 5) is 21.9. The lowest BCUT2D eigenvalue weighted by molar-refractivity contribution is 0.102. The van der Waals surface area contributed by atoms with E-state index < -0.39 is 0 Å². The Morgan fingerprint density at radius 3 is 2.63 bits per heavy atom. The fourth-order valence-electron chi connectivity index (χ4n) is 3.21. The van der Waals surface area contributed by atoms with Gasteiger partial charge in [-0.1, -0.05) is 47.6 Å². The molecule has 0 spiro atoms. The minimum Gasteiger partial charge on any atom is -0.334 e. The van der Waals surface area contributed by atoms with Gasteiger partial charge < -0.3 is 9.84 Å². The summed E-state index contributed by atoms with van der Waals surface area (Å²) >= 11 is 0. The van der Waals surface area contributed by atoms with Crippen LogP contribution in [-0.2, 0) is 0 Å². The summed E-state index contributed by atoms with van der Waals surface area (Å²) in [7, 11) is 0. The average molecular weight is 396 g/mol. The van der Waals surface area contributed by atoms with E-state index in [-0.39, 0.29) is 11.8 Å². The SMILES string of the molecule is Cc1nc2c(NC(=O)c3ccccc3-c3nc(-c4ccccc4)no3)cccn2n1. The van der Waals surface area contributed by atoms with Gasteiger partial charge in [0, 0.05) is 11.8 Å². The van der Waals surface area contributed by atoms with E-state index in [9.17, 15) is 4.79 Å². The molecule has 146 valence electrons. The Hall–Kier alpha value is -4.33. The third-order valence-electron chi connectivity index (χ3n) is 4.58. The summed E-state index contributed by atoms with van der Waals surface area (Å²) in [6.45, 7) is 1.80. The second-order valence-electron chi connectivity index (χ2n) is 6.64. The largest absolute Gasteiger partial charge is 0.334 e. The van der Waals surface area contributed by atoms with Crippen molar-refractivity contribution < 1.29 is 9.32 Å². The van der Waals surface area contributed by atoms with Crippen LogP contribution in [0.4, 0.5) is 5.69 Å². The number of pyridine rings is 1. The molecule has 8 heteroatoms.